The summed E-state index contributed by atoms with van der Waals surface area (Å²) in [5.74, 6) is 1.20. The van der Waals surface area contributed by atoms with Gasteiger partial charge in [0.15, 0.2) is 0 Å². The van der Waals surface area contributed by atoms with E-state index < -0.39 is 17.7 Å². The van der Waals surface area contributed by atoms with Crippen molar-refractivity contribution in [2.24, 2.45) is 4.99 Å². The van der Waals surface area contributed by atoms with Crippen molar-refractivity contribution in [3.05, 3.63) is 29.3 Å². The molecular formula is C19H23N5O2. The van der Waals surface area contributed by atoms with Crippen molar-refractivity contribution in [1.29, 1.82) is 10.5 Å². The van der Waals surface area contributed by atoms with Crippen LogP contribution in [0.3, 0.4) is 0 Å². The zero-order valence-corrected chi connectivity index (χ0v) is 15.5. The minimum Gasteiger partial charge on any atom is -0.485 e. The average molecular weight is 353 g/mol. The maximum Gasteiger partial charge on any atom is 0.213 e. The van der Waals surface area contributed by atoms with E-state index in [4.69, 9.17) is 10.00 Å². The zero-order chi connectivity index (χ0) is 19.1. The fraction of sp³-hybridized carbons (Fsp3) is 0.526. The SMILES string of the molecule is CC(C)N1CCN([C@@H]2c3cc(C#N)ccc3OC(C)(C)[C@H]2O)C1=NC#N. The number of nitriles is 2. The van der Waals surface area contributed by atoms with E-state index in [0.29, 0.717) is 23.8 Å². The van der Waals surface area contributed by atoms with Crippen LogP contribution in [-0.4, -0.2) is 51.7 Å². The Kier molecular flexibility index (Phi) is 4.52. The van der Waals surface area contributed by atoms with Gasteiger partial charge in [0.05, 0.1) is 17.7 Å². The summed E-state index contributed by atoms with van der Waals surface area (Å²) < 4.78 is 5.99. The average Bonchev–Trinajstić information content (AvgIpc) is 2.99. The molecule has 0 amide bonds. The molecule has 7 nitrogen and oxygen atoms in total. The minimum absolute atomic E-state index is 0.182. The molecule has 7 heteroatoms. The van der Waals surface area contributed by atoms with Crippen LogP contribution in [0.5, 0.6) is 5.75 Å². The van der Waals surface area contributed by atoms with Crippen LogP contribution in [0.4, 0.5) is 0 Å². The van der Waals surface area contributed by atoms with Gasteiger partial charge in [0.1, 0.15) is 17.5 Å². The summed E-state index contributed by atoms with van der Waals surface area (Å²) in [6, 6.07) is 7.10. The Morgan fingerprint density at radius 3 is 2.65 bits per heavy atom. The molecule has 1 saturated heterocycles. The Balaban J connectivity index is 2.13. The Morgan fingerprint density at radius 2 is 2.04 bits per heavy atom. The topological polar surface area (TPSA) is 95.9 Å². The number of aliphatic hydroxyl groups excluding tert-OH is 1. The lowest BCUT2D eigenvalue weighted by Gasteiger charge is -2.45. The summed E-state index contributed by atoms with van der Waals surface area (Å²) in [4.78, 5) is 8.04. The maximum atomic E-state index is 11.1. The third kappa shape index (κ3) is 2.85. The molecule has 26 heavy (non-hydrogen) atoms. The van der Waals surface area contributed by atoms with Crippen molar-refractivity contribution >= 4 is 5.96 Å². The molecule has 1 aromatic rings. The molecule has 1 N–H and O–H groups in total. The van der Waals surface area contributed by atoms with Gasteiger partial charge in [-0.15, -0.1) is 4.99 Å². The molecule has 3 rings (SSSR count). The van der Waals surface area contributed by atoms with Gasteiger partial charge in [0.2, 0.25) is 12.2 Å². The number of benzene rings is 1. The van der Waals surface area contributed by atoms with E-state index in [1.54, 1.807) is 18.2 Å². The van der Waals surface area contributed by atoms with Gasteiger partial charge in [-0.1, -0.05) is 0 Å². The van der Waals surface area contributed by atoms with E-state index in [9.17, 15) is 10.4 Å². The summed E-state index contributed by atoms with van der Waals surface area (Å²) in [6.45, 7) is 9.11. The second kappa shape index (κ2) is 6.51. The van der Waals surface area contributed by atoms with Gasteiger partial charge in [-0.05, 0) is 45.9 Å². The number of ether oxygens (including phenoxy) is 1. The highest BCUT2D eigenvalue weighted by atomic mass is 16.5. The number of hydrogen-bond acceptors (Lipinski definition) is 5. The van der Waals surface area contributed by atoms with Gasteiger partial charge < -0.3 is 19.6 Å². The molecule has 1 fully saturated rings. The van der Waals surface area contributed by atoms with E-state index in [-0.39, 0.29) is 6.04 Å². The Bertz CT molecular complexity index is 818. The molecule has 2 aliphatic heterocycles. The molecule has 2 aliphatic rings. The lowest BCUT2D eigenvalue weighted by Crippen LogP contribution is -2.54. The molecule has 0 unspecified atom stereocenters. The summed E-state index contributed by atoms with van der Waals surface area (Å²) in [6.07, 6.45) is 1.04. The number of aliphatic hydroxyl groups is 1. The van der Waals surface area contributed by atoms with Crippen LogP contribution in [-0.2, 0) is 0 Å². The standard InChI is InChI=1S/C19H23N5O2/c1-12(2)23-7-8-24(18(23)22-11-21)16-14-9-13(10-20)5-6-15(14)26-19(3,4)17(16)25/h5-6,9,12,16-17,25H,7-8H2,1-4H3/t16-,17+/m1/s1. The van der Waals surface area contributed by atoms with Crippen LogP contribution in [0.25, 0.3) is 0 Å². The summed E-state index contributed by atoms with van der Waals surface area (Å²) >= 11 is 0. The number of fused-ring (bicyclic) bond motifs is 1. The molecule has 0 aromatic heterocycles. The van der Waals surface area contributed by atoms with Gasteiger partial charge in [0, 0.05) is 24.7 Å². The molecule has 0 bridgehead atoms. The predicted molar refractivity (Wildman–Crippen MR) is 96.2 cm³/mol. The number of nitrogens with zero attached hydrogens (tertiary/aromatic N) is 5. The van der Waals surface area contributed by atoms with Gasteiger partial charge in [-0.25, -0.2) is 0 Å². The van der Waals surface area contributed by atoms with Crippen molar-refractivity contribution < 1.29 is 9.84 Å². The number of guanidine groups is 1. The fourth-order valence-corrected chi connectivity index (χ4v) is 3.68. The Labute approximate surface area is 153 Å². The normalized spacial score (nSPS) is 25.6. The van der Waals surface area contributed by atoms with Crippen molar-refractivity contribution in [3.8, 4) is 18.0 Å². The summed E-state index contributed by atoms with van der Waals surface area (Å²) in [5, 5.41) is 29.5. The largest absolute Gasteiger partial charge is 0.485 e. The smallest absolute Gasteiger partial charge is 0.213 e. The van der Waals surface area contributed by atoms with Gasteiger partial charge in [-0.2, -0.15) is 10.5 Å². The highest BCUT2D eigenvalue weighted by Crippen LogP contribution is 2.44. The third-order valence-electron chi connectivity index (χ3n) is 5.05. The molecule has 1 aromatic carbocycles. The lowest BCUT2D eigenvalue weighted by molar-refractivity contribution is -0.0802. The first-order valence-electron chi connectivity index (χ1n) is 8.71. The van der Waals surface area contributed by atoms with E-state index in [1.807, 2.05) is 43.7 Å². The number of aliphatic imine (C=N–C) groups is 1. The predicted octanol–water partition coefficient (Wildman–Crippen LogP) is 1.99. The summed E-state index contributed by atoms with van der Waals surface area (Å²) in [7, 11) is 0. The third-order valence-corrected chi connectivity index (χ3v) is 5.05. The number of hydrogen-bond donors (Lipinski definition) is 1. The van der Waals surface area contributed by atoms with Crippen molar-refractivity contribution in [1.82, 2.24) is 9.80 Å². The van der Waals surface area contributed by atoms with Gasteiger partial charge >= 0.3 is 0 Å². The molecule has 0 aliphatic carbocycles. The van der Waals surface area contributed by atoms with Gasteiger partial charge in [0.25, 0.3) is 0 Å². The zero-order valence-electron chi connectivity index (χ0n) is 15.5. The minimum atomic E-state index is -0.847. The second-order valence-corrected chi connectivity index (χ2v) is 7.45. The number of rotatable bonds is 2. The highest BCUT2D eigenvalue weighted by molar-refractivity contribution is 5.84. The molecular weight excluding hydrogens is 330 g/mol. The van der Waals surface area contributed by atoms with Crippen LogP contribution in [0.2, 0.25) is 0 Å². The Hall–Kier alpha value is -2.77. The Morgan fingerprint density at radius 1 is 1.31 bits per heavy atom. The monoisotopic (exact) mass is 353 g/mol. The molecule has 2 heterocycles. The van der Waals surface area contributed by atoms with Crippen LogP contribution in [0.15, 0.2) is 23.2 Å². The first kappa shape index (κ1) is 18.0. The molecule has 0 saturated carbocycles. The fourth-order valence-electron chi connectivity index (χ4n) is 3.68. The second-order valence-electron chi connectivity index (χ2n) is 7.45. The van der Waals surface area contributed by atoms with E-state index in [0.717, 1.165) is 12.1 Å². The van der Waals surface area contributed by atoms with Gasteiger partial charge in [-0.3, -0.25) is 0 Å². The van der Waals surface area contributed by atoms with Crippen LogP contribution in [0, 0.1) is 22.8 Å². The molecule has 2 atom stereocenters. The van der Waals surface area contributed by atoms with E-state index in [2.05, 4.69) is 11.1 Å². The molecule has 136 valence electrons. The molecule has 0 radical (unpaired) electrons. The van der Waals surface area contributed by atoms with Crippen LogP contribution in [0.1, 0.15) is 44.9 Å². The highest BCUT2D eigenvalue weighted by Gasteiger charge is 2.48. The van der Waals surface area contributed by atoms with Crippen LogP contribution < -0.4 is 4.74 Å². The van der Waals surface area contributed by atoms with Crippen molar-refractivity contribution in [3.63, 3.8) is 0 Å². The quantitative estimate of drug-likeness (QED) is 0.817. The first-order chi connectivity index (χ1) is 12.3. The van der Waals surface area contributed by atoms with Crippen molar-refractivity contribution in [2.45, 2.75) is 51.5 Å². The first-order valence-corrected chi connectivity index (χ1v) is 8.71. The van der Waals surface area contributed by atoms with E-state index >= 15 is 0 Å². The van der Waals surface area contributed by atoms with E-state index in [1.165, 1.54) is 0 Å². The maximum absolute atomic E-state index is 11.1. The summed E-state index contributed by atoms with van der Waals surface area (Å²) in [5.41, 5.74) is 0.435. The molecule has 0 spiro atoms. The van der Waals surface area contributed by atoms with Crippen LogP contribution >= 0.6 is 0 Å². The van der Waals surface area contributed by atoms with Crippen molar-refractivity contribution in [2.75, 3.05) is 13.1 Å². The lowest BCUT2D eigenvalue weighted by atomic mass is 9.85.